The molecule has 12 nitrogen and oxygen atoms in total. The van der Waals surface area contributed by atoms with Gasteiger partial charge in [-0.1, -0.05) is 0 Å². The van der Waals surface area contributed by atoms with Crippen molar-refractivity contribution in [3.05, 3.63) is 59.8 Å². The number of hydrogen-bond acceptors (Lipinski definition) is 10. The van der Waals surface area contributed by atoms with Crippen molar-refractivity contribution in [1.82, 2.24) is 0 Å². The van der Waals surface area contributed by atoms with Gasteiger partial charge in [0.2, 0.25) is 13.6 Å². The third-order valence-electron chi connectivity index (χ3n) is 6.20. The molecular formula is C25H19NO11S2. The minimum absolute atomic E-state index is 0.0234. The molecule has 0 saturated carbocycles. The third-order valence-corrected chi connectivity index (χ3v) is 9.44. The molecule has 39 heavy (non-hydrogen) atoms. The Morgan fingerprint density at radius 3 is 2.13 bits per heavy atom. The molecule has 202 valence electrons. The summed E-state index contributed by atoms with van der Waals surface area (Å²) in [5.41, 5.74) is -0.903. The molecule has 6 rings (SSSR count). The molecule has 3 aliphatic rings. The average Bonchev–Trinajstić information content (AvgIpc) is 3.60. The zero-order valence-corrected chi connectivity index (χ0v) is 22.0. The molecule has 0 saturated heterocycles. The summed E-state index contributed by atoms with van der Waals surface area (Å²) in [6.45, 7) is -0.100. The Bertz CT molecular complexity index is 1670. The van der Waals surface area contributed by atoms with Crippen molar-refractivity contribution in [2.75, 3.05) is 32.1 Å². The average molecular weight is 574 g/mol. The molecule has 0 amide bonds. The van der Waals surface area contributed by atoms with Gasteiger partial charge in [-0.2, -0.15) is 0 Å². The summed E-state index contributed by atoms with van der Waals surface area (Å²) in [6, 6.07) is 11.2. The highest BCUT2D eigenvalue weighted by molar-refractivity contribution is 8.01. The maximum absolute atomic E-state index is 14.2. The van der Waals surface area contributed by atoms with Crippen LogP contribution in [0.1, 0.15) is 5.56 Å². The van der Waals surface area contributed by atoms with Crippen molar-refractivity contribution in [2.45, 2.75) is 9.79 Å². The molecule has 0 fully saturated rings. The van der Waals surface area contributed by atoms with Crippen LogP contribution >= 0.6 is 0 Å². The van der Waals surface area contributed by atoms with E-state index in [0.29, 0.717) is 21.6 Å². The Hall–Kier alpha value is -4.27. The Labute approximate surface area is 225 Å². The highest BCUT2D eigenvalue weighted by atomic mass is 32.2. The van der Waals surface area contributed by atoms with Gasteiger partial charge >= 0.3 is 5.97 Å². The van der Waals surface area contributed by atoms with Crippen molar-refractivity contribution >= 4 is 37.8 Å². The van der Waals surface area contributed by atoms with E-state index >= 15 is 0 Å². The SMILES string of the molecule is COc1cc2c(cc1OC)S(=O)(=O)N(c1ccc3c(c1)OCO3)C(C(=O)O)=C2[S+]([O-])c1ccc2c(c1)OCO2. The monoisotopic (exact) mass is 573 g/mol. The molecule has 0 spiro atoms. The summed E-state index contributed by atoms with van der Waals surface area (Å²) < 4.78 is 75.0. The van der Waals surface area contributed by atoms with Crippen molar-refractivity contribution < 1.29 is 51.3 Å². The molecule has 3 heterocycles. The summed E-state index contributed by atoms with van der Waals surface area (Å²) >= 11 is -2.22. The molecule has 1 N–H and O–H groups in total. The number of rotatable bonds is 6. The topological polar surface area (TPSA) is 153 Å². The summed E-state index contributed by atoms with van der Waals surface area (Å²) in [5, 5.41) is 10.4. The minimum Gasteiger partial charge on any atom is -0.606 e. The van der Waals surface area contributed by atoms with Crippen molar-refractivity contribution in [3.63, 3.8) is 0 Å². The number of carboxylic acid groups (broad SMARTS) is 1. The van der Waals surface area contributed by atoms with E-state index in [1.807, 2.05) is 0 Å². The molecule has 3 aliphatic heterocycles. The molecule has 3 aromatic rings. The van der Waals surface area contributed by atoms with Gasteiger partial charge in [-0.25, -0.2) is 17.5 Å². The number of carboxylic acids is 1. The van der Waals surface area contributed by atoms with E-state index in [9.17, 15) is 22.9 Å². The molecule has 0 aliphatic carbocycles. The second-order valence-electron chi connectivity index (χ2n) is 8.28. The maximum Gasteiger partial charge on any atom is 0.358 e. The highest BCUT2D eigenvalue weighted by Crippen LogP contribution is 2.49. The van der Waals surface area contributed by atoms with Gasteiger partial charge in [0.15, 0.2) is 50.0 Å². The first-order valence-electron chi connectivity index (χ1n) is 11.2. The number of sulfonamides is 1. The number of methoxy groups -OCH3 is 2. The number of ether oxygens (including phenoxy) is 6. The van der Waals surface area contributed by atoms with Crippen LogP contribution in [0.4, 0.5) is 5.69 Å². The van der Waals surface area contributed by atoms with Gasteiger partial charge in [0.25, 0.3) is 10.0 Å². The van der Waals surface area contributed by atoms with Crippen LogP contribution < -0.4 is 32.7 Å². The predicted octanol–water partition coefficient (Wildman–Crippen LogP) is 2.93. The lowest BCUT2D eigenvalue weighted by Crippen LogP contribution is -2.39. The smallest absolute Gasteiger partial charge is 0.358 e. The van der Waals surface area contributed by atoms with E-state index in [1.54, 1.807) is 6.07 Å². The number of nitrogens with zero attached hydrogens (tertiary/aromatic N) is 1. The Morgan fingerprint density at radius 2 is 1.49 bits per heavy atom. The Balaban J connectivity index is 1.65. The van der Waals surface area contributed by atoms with Crippen LogP contribution in [0.25, 0.3) is 4.91 Å². The first-order valence-corrected chi connectivity index (χ1v) is 13.8. The van der Waals surface area contributed by atoms with Gasteiger partial charge in [-0.05, 0) is 30.3 Å². The first-order chi connectivity index (χ1) is 18.7. The van der Waals surface area contributed by atoms with Crippen LogP contribution in [0.2, 0.25) is 0 Å². The second kappa shape index (κ2) is 9.18. The van der Waals surface area contributed by atoms with Gasteiger partial charge in [0.05, 0.1) is 25.5 Å². The fourth-order valence-electron chi connectivity index (χ4n) is 4.45. The van der Waals surface area contributed by atoms with Crippen LogP contribution in [0.3, 0.4) is 0 Å². The number of carbonyl (C=O) groups is 1. The van der Waals surface area contributed by atoms with Gasteiger partial charge in [0.1, 0.15) is 4.90 Å². The molecule has 3 aromatic carbocycles. The quantitative estimate of drug-likeness (QED) is 0.433. The molecule has 1 unspecified atom stereocenters. The molecule has 0 bridgehead atoms. The molecular weight excluding hydrogens is 554 g/mol. The van der Waals surface area contributed by atoms with Crippen LogP contribution in [-0.2, 0) is 26.0 Å². The summed E-state index contributed by atoms with van der Waals surface area (Å²) in [7, 11) is -1.90. The fourth-order valence-corrected chi connectivity index (χ4v) is 7.63. The van der Waals surface area contributed by atoms with E-state index in [4.69, 9.17) is 28.4 Å². The zero-order valence-electron chi connectivity index (χ0n) is 20.3. The third kappa shape index (κ3) is 3.87. The number of fused-ring (bicyclic) bond motifs is 3. The lowest BCUT2D eigenvalue weighted by molar-refractivity contribution is -0.132. The van der Waals surface area contributed by atoms with Crippen LogP contribution in [0, 0.1) is 0 Å². The lowest BCUT2D eigenvalue weighted by atomic mass is 10.1. The van der Waals surface area contributed by atoms with E-state index in [-0.39, 0.29) is 56.8 Å². The van der Waals surface area contributed by atoms with E-state index in [2.05, 4.69) is 0 Å². The van der Waals surface area contributed by atoms with Gasteiger partial charge in [0, 0.05) is 29.4 Å². The predicted molar refractivity (Wildman–Crippen MR) is 135 cm³/mol. The molecule has 0 aromatic heterocycles. The maximum atomic E-state index is 14.2. The first kappa shape index (κ1) is 25.0. The standard InChI is InChI=1S/C25H19NO11S2/c1-32-18-9-15-22(10-19(18)33-2)39(30,31)26(13-3-5-16-20(7-13)36-11-34-16)23(25(27)28)24(15)38(29)14-4-6-17-21(8-14)37-12-35-17/h3-10H,11-12H2,1-2H3,(H,27,28). The minimum atomic E-state index is -4.58. The van der Waals surface area contributed by atoms with Crippen molar-refractivity contribution in [1.29, 1.82) is 0 Å². The largest absolute Gasteiger partial charge is 0.606 e. The summed E-state index contributed by atoms with van der Waals surface area (Å²) in [6.07, 6.45) is 0. The van der Waals surface area contributed by atoms with Gasteiger partial charge in [-0.3, -0.25) is 0 Å². The Morgan fingerprint density at radius 1 is 0.897 bits per heavy atom. The zero-order chi connectivity index (χ0) is 27.5. The van der Waals surface area contributed by atoms with E-state index in [1.165, 1.54) is 56.7 Å². The number of aliphatic carboxylic acids is 1. The van der Waals surface area contributed by atoms with Gasteiger partial charge in [-0.15, -0.1) is 0 Å². The van der Waals surface area contributed by atoms with Crippen molar-refractivity contribution in [2.24, 2.45) is 0 Å². The van der Waals surface area contributed by atoms with Crippen molar-refractivity contribution in [3.8, 4) is 34.5 Å². The van der Waals surface area contributed by atoms with Crippen LogP contribution in [-0.4, -0.2) is 51.9 Å². The second-order valence-corrected chi connectivity index (χ2v) is 11.4. The fraction of sp³-hybridized carbons (Fsp3) is 0.160. The van der Waals surface area contributed by atoms with Crippen LogP contribution in [0.15, 0.2) is 64.0 Å². The normalized spacial score (nSPS) is 17.1. The summed E-state index contributed by atoms with van der Waals surface area (Å²) in [4.78, 5) is 12.4. The van der Waals surface area contributed by atoms with Gasteiger partial charge < -0.3 is 38.1 Å². The number of anilines is 1. The lowest BCUT2D eigenvalue weighted by Gasteiger charge is -2.32. The van der Waals surface area contributed by atoms with E-state index in [0.717, 1.165) is 0 Å². The van der Waals surface area contributed by atoms with E-state index < -0.39 is 32.9 Å². The number of benzene rings is 3. The Kier molecular flexibility index (Phi) is 5.89. The summed E-state index contributed by atoms with van der Waals surface area (Å²) in [5.74, 6) is -0.0785. The molecule has 0 radical (unpaired) electrons. The molecule has 14 heteroatoms. The number of hydrogen-bond donors (Lipinski definition) is 1. The highest BCUT2D eigenvalue weighted by Gasteiger charge is 2.47. The molecule has 1 atom stereocenters. The van der Waals surface area contributed by atoms with Crippen LogP contribution in [0.5, 0.6) is 34.5 Å².